The standard InChI is InChI=1S/C18H13ClN2OS/c1-11-20-16-14-7-2-3-8-15(14)22-17(16)18(21-11)23-10-12-5-4-6-13(19)9-12/h2-9H,10H2,1H3. The highest BCUT2D eigenvalue weighted by molar-refractivity contribution is 7.98. The molecule has 0 atom stereocenters. The van der Waals surface area contributed by atoms with Crippen molar-refractivity contribution in [3.8, 4) is 0 Å². The summed E-state index contributed by atoms with van der Waals surface area (Å²) in [6, 6.07) is 15.8. The van der Waals surface area contributed by atoms with Crippen molar-refractivity contribution >= 4 is 45.4 Å². The van der Waals surface area contributed by atoms with Crippen LogP contribution in [-0.4, -0.2) is 9.97 Å². The molecule has 0 radical (unpaired) electrons. The first-order valence-electron chi connectivity index (χ1n) is 7.24. The Morgan fingerprint density at radius 3 is 2.83 bits per heavy atom. The van der Waals surface area contributed by atoms with Gasteiger partial charge in [-0.2, -0.15) is 0 Å². The summed E-state index contributed by atoms with van der Waals surface area (Å²) >= 11 is 7.68. The van der Waals surface area contributed by atoms with Gasteiger partial charge in [0.1, 0.15) is 22.0 Å². The van der Waals surface area contributed by atoms with Crippen LogP contribution in [0.15, 0.2) is 58.0 Å². The third-order valence-electron chi connectivity index (χ3n) is 3.57. The molecular weight excluding hydrogens is 328 g/mol. The maximum absolute atomic E-state index is 6.05. The summed E-state index contributed by atoms with van der Waals surface area (Å²) in [6.45, 7) is 1.91. The number of nitrogens with zero attached hydrogens (tertiary/aromatic N) is 2. The monoisotopic (exact) mass is 340 g/mol. The molecule has 0 aliphatic carbocycles. The van der Waals surface area contributed by atoms with Crippen LogP contribution in [0.1, 0.15) is 11.4 Å². The van der Waals surface area contributed by atoms with Gasteiger partial charge in [-0.3, -0.25) is 0 Å². The Morgan fingerprint density at radius 2 is 1.96 bits per heavy atom. The second-order valence-corrected chi connectivity index (χ2v) is 6.67. The van der Waals surface area contributed by atoms with Gasteiger partial charge in [0.05, 0.1) is 0 Å². The molecule has 5 heteroatoms. The molecule has 2 aromatic heterocycles. The van der Waals surface area contributed by atoms with Gasteiger partial charge in [-0.25, -0.2) is 9.97 Å². The molecule has 0 aliphatic heterocycles. The third kappa shape index (κ3) is 2.80. The van der Waals surface area contributed by atoms with Crippen LogP contribution in [0.25, 0.3) is 22.1 Å². The summed E-state index contributed by atoms with van der Waals surface area (Å²) < 4.78 is 5.98. The summed E-state index contributed by atoms with van der Waals surface area (Å²) in [7, 11) is 0. The Hall–Kier alpha value is -2.04. The number of thioether (sulfide) groups is 1. The van der Waals surface area contributed by atoms with E-state index in [1.165, 1.54) is 0 Å². The molecule has 4 aromatic rings. The van der Waals surface area contributed by atoms with E-state index in [0.717, 1.165) is 49.3 Å². The number of aromatic nitrogens is 2. The van der Waals surface area contributed by atoms with Crippen molar-refractivity contribution in [2.75, 3.05) is 0 Å². The smallest absolute Gasteiger partial charge is 0.186 e. The molecule has 114 valence electrons. The number of rotatable bonds is 3. The highest BCUT2D eigenvalue weighted by Crippen LogP contribution is 2.34. The second-order valence-electron chi connectivity index (χ2n) is 5.27. The van der Waals surface area contributed by atoms with Crippen LogP contribution in [0.5, 0.6) is 0 Å². The zero-order chi connectivity index (χ0) is 15.8. The molecule has 23 heavy (non-hydrogen) atoms. The average molecular weight is 341 g/mol. The summed E-state index contributed by atoms with van der Waals surface area (Å²) in [6.07, 6.45) is 0. The van der Waals surface area contributed by atoms with Gasteiger partial charge in [0.15, 0.2) is 5.58 Å². The van der Waals surface area contributed by atoms with E-state index in [1.807, 2.05) is 49.4 Å². The molecule has 4 rings (SSSR count). The van der Waals surface area contributed by atoms with E-state index in [4.69, 9.17) is 16.0 Å². The fourth-order valence-electron chi connectivity index (χ4n) is 2.55. The number of furan rings is 1. The topological polar surface area (TPSA) is 38.9 Å². The van der Waals surface area contributed by atoms with Crippen molar-refractivity contribution in [3.05, 3.63) is 64.9 Å². The summed E-state index contributed by atoms with van der Waals surface area (Å²) in [4.78, 5) is 9.11. The number of fused-ring (bicyclic) bond motifs is 3. The Balaban J connectivity index is 1.77. The molecule has 3 nitrogen and oxygen atoms in total. The molecule has 2 heterocycles. The first-order chi connectivity index (χ1) is 11.2. The van der Waals surface area contributed by atoms with Gasteiger partial charge in [-0.1, -0.05) is 47.6 Å². The first-order valence-corrected chi connectivity index (χ1v) is 8.60. The second kappa shape index (κ2) is 5.87. The third-order valence-corrected chi connectivity index (χ3v) is 4.83. The molecule has 0 N–H and O–H groups in total. The molecule has 0 aliphatic rings. The minimum Gasteiger partial charge on any atom is -0.451 e. The van der Waals surface area contributed by atoms with Gasteiger partial charge in [0.2, 0.25) is 0 Å². The van der Waals surface area contributed by atoms with Gasteiger partial charge in [-0.05, 0) is 36.8 Å². The lowest BCUT2D eigenvalue weighted by molar-refractivity contribution is 0.652. The van der Waals surface area contributed by atoms with E-state index in [2.05, 4.69) is 16.0 Å². The zero-order valence-corrected chi connectivity index (χ0v) is 14.0. The van der Waals surface area contributed by atoms with Crippen molar-refractivity contribution in [1.29, 1.82) is 0 Å². The quantitative estimate of drug-likeness (QED) is 0.358. The molecule has 0 amide bonds. The summed E-state index contributed by atoms with van der Waals surface area (Å²) in [5.74, 6) is 1.53. The number of hydrogen-bond acceptors (Lipinski definition) is 4. The van der Waals surface area contributed by atoms with Gasteiger partial charge < -0.3 is 4.42 Å². The number of benzene rings is 2. The molecule has 0 saturated carbocycles. The predicted molar refractivity (Wildman–Crippen MR) is 95.1 cm³/mol. The normalized spacial score (nSPS) is 11.4. The number of halogens is 1. The van der Waals surface area contributed by atoms with Crippen molar-refractivity contribution in [3.63, 3.8) is 0 Å². The maximum Gasteiger partial charge on any atom is 0.186 e. The Labute approximate surface area is 142 Å². The van der Waals surface area contributed by atoms with Crippen LogP contribution < -0.4 is 0 Å². The van der Waals surface area contributed by atoms with E-state index in [1.54, 1.807) is 11.8 Å². The molecule has 0 saturated heterocycles. The van der Waals surface area contributed by atoms with Crippen LogP contribution >= 0.6 is 23.4 Å². The molecular formula is C18H13ClN2OS. The van der Waals surface area contributed by atoms with Crippen LogP contribution in [0.2, 0.25) is 5.02 Å². The Bertz CT molecular complexity index is 1010. The Morgan fingerprint density at radius 1 is 1.09 bits per heavy atom. The van der Waals surface area contributed by atoms with Crippen molar-refractivity contribution < 1.29 is 4.42 Å². The van der Waals surface area contributed by atoms with E-state index in [9.17, 15) is 0 Å². The number of hydrogen-bond donors (Lipinski definition) is 0. The highest BCUT2D eigenvalue weighted by atomic mass is 35.5. The van der Waals surface area contributed by atoms with Crippen molar-refractivity contribution in [1.82, 2.24) is 9.97 Å². The molecule has 0 bridgehead atoms. The van der Waals surface area contributed by atoms with E-state index >= 15 is 0 Å². The lowest BCUT2D eigenvalue weighted by atomic mass is 10.2. The number of para-hydroxylation sites is 1. The highest BCUT2D eigenvalue weighted by Gasteiger charge is 2.14. The lowest BCUT2D eigenvalue weighted by Gasteiger charge is -2.03. The van der Waals surface area contributed by atoms with E-state index in [0.29, 0.717) is 0 Å². The van der Waals surface area contributed by atoms with Crippen molar-refractivity contribution in [2.45, 2.75) is 17.7 Å². The summed E-state index contributed by atoms with van der Waals surface area (Å²) in [5, 5.41) is 2.64. The van der Waals surface area contributed by atoms with Crippen LogP contribution in [0, 0.1) is 6.92 Å². The van der Waals surface area contributed by atoms with Crippen LogP contribution in [0.3, 0.4) is 0 Å². The minimum atomic E-state index is 0.746. The lowest BCUT2D eigenvalue weighted by Crippen LogP contribution is -1.91. The molecule has 0 fully saturated rings. The molecule has 0 spiro atoms. The Kier molecular flexibility index (Phi) is 3.71. The van der Waals surface area contributed by atoms with Gasteiger partial charge in [0.25, 0.3) is 0 Å². The SMILES string of the molecule is Cc1nc(SCc2cccc(Cl)c2)c2oc3ccccc3c2n1. The minimum absolute atomic E-state index is 0.746. The van der Waals surface area contributed by atoms with Crippen molar-refractivity contribution in [2.24, 2.45) is 0 Å². The number of aryl methyl sites for hydroxylation is 1. The van der Waals surface area contributed by atoms with Gasteiger partial charge >= 0.3 is 0 Å². The van der Waals surface area contributed by atoms with E-state index in [-0.39, 0.29) is 0 Å². The largest absolute Gasteiger partial charge is 0.451 e. The zero-order valence-electron chi connectivity index (χ0n) is 12.4. The molecule has 0 unspecified atom stereocenters. The molecule has 2 aromatic carbocycles. The maximum atomic E-state index is 6.05. The van der Waals surface area contributed by atoms with Gasteiger partial charge in [-0.15, -0.1) is 0 Å². The van der Waals surface area contributed by atoms with Gasteiger partial charge in [0, 0.05) is 16.2 Å². The predicted octanol–water partition coefficient (Wildman–Crippen LogP) is 5.63. The van der Waals surface area contributed by atoms with E-state index < -0.39 is 0 Å². The van der Waals surface area contributed by atoms with Crippen LogP contribution in [0.4, 0.5) is 0 Å². The summed E-state index contributed by atoms with van der Waals surface area (Å²) in [5.41, 5.74) is 3.63. The fourth-order valence-corrected chi connectivity index (χ4v) is 3.71. The fraction of sp³-hybridized carbons (Fsp3) is 0.111. The first kappa shape index (κ1) is 14.5. The van der Waals surface area contributed by atoms with Crippen LogP contribution in [-0.2, 0) is 5.75 Å². The average Bonchev–Trinajstić information content (AvgIpc) is 2.91.